The van der Waals surface area contributed by atoms with Crippen molar-refractivity contribution in [3.8, 4) is 0 Å². The molecule has 1 aliphatic rings. The van der Waals surface area contributed by atoms with Crippen LogP contribution in [-0.2, 0) is 17.8 Å². The highest BCUT2D eigenvalue weighted by molar-refractivity contribution is 9.10. The van der Waals surface area contributed by atoms with Gasteiger partial charge in [-0.05, 0) is 36.5 Å². The van der Waals surface area contributed by atoms with Crippen LogP contribution in [0.5, 0.6) is 0 Å². The predicted octanol–water partition coefficient (Wildman–Crippen LogP) is 4.79. The lowest BCUT2D eigenvalue weighted by Crippen LogP contribution is -2.37. The third-order valence-corrected chi connectivity index (χ3v) is 5.00. The fourth-order valence-corrected chi connectivity index (χ4v) is 3.45. The van der Waals surface area contributed by atoms with E-state index in [0.29, 0.717) is 6.61 Å². The second-order valence-corrected chi connectivity index (χ2v) is 6.68. The number of rotatable bonds is 4. The van der Waals surface area contributed by atoms with Gasteiger partial charge in [-0.1, -0.05) is 64.5 Å². The van der Waals surface area contributed by atoms with Crippen LogP contribution in [0.3, 0.4) is 0 Å². The van der Waals surface area contributed by atoms with E-state index in [1.807, 2.05) is 53.4 Å². The summed E-state index contributed by atoms with van der Waals surface area (Å²) >= 11 is 3.59. The summed E-state index contributed by atoms with van der Waals surface area (Å²) in [5.41, 5.74) is 2.25. The van der Waals surface area contributed by atoms with Crippen molar-refractivity contribution in [2.24, 2.45) is 0 Å². The van der Waals surface area contributed by atoms with E-state index < -0.39 is 0 Å². The molecule has 1 amide bonds. The van der Waals surface area contributed by atoms with Gasteiger partial charge in [0.1, 0.15) is 6.61 Å². The molecule has 0 saturated carbocycles. The van der Waals surface area contributed by atoms with E-state index in [-0.39, 0.29) is 12.1 Å². The smallest absolute Gasteiger partial charge is 0.410 e. The fraction of sp³-hybridized carbons (Fsp3) is 0.316. The van der Waals surface area contributed by atoms with Crippen molar-refractivity contribution >= 4 is 22.0 Å². The van der Waals surface area contributed by atoms with Gasteiger partial charge in [-0.15, -0.1) is 0 Å². The monoisotopic (exact) mass is 373 g/mol. The Morgan fingerprint density at radius 3 is 2.65 bits per heavy atom. The highest BCUT2D eigenvalue weighted by atomic mass is 79.9. The normalized spacial score (nSPS) is 17.3. The number of hydrogen-bond acceptors (Lipinski definition) is 2. The zero-order chi connectivity index (χ0) is 16.1. The van der Waals surface area contributed by atoms with Crippen LogP contribution in [0.2, 0.25) is 0 Å². The summed E-state index contributed by atoms with van der Waals surface area (Å²) in [6, 6.07) is 18.2. The standard InChI is InChI=1S/C19H20BrNO2/c20-18-11-5-4-9-16(18)13-17-10-6-12-21(17)19(22)23-14-15-7-2-1-3-8-15/h1-5,7-9,11,17H,6,10,12-14H2. The molecule has 0 radical (unpaired) electrons. The minimum atomic E-state index is -0.205. The number of carbonyl (C=O) groups is 1. The lowest BCUT2D eigenvalue weighted by molar-refractivity contribution is 0.0921. The second-order valence-electron chi connectivity index (χ2n) is 5.83. The maximum absolute atomic E-state index is 12.4. The van der Waals surface area contributed by atoms with Crippen LogP contribution in [0.25, 0.3) is 0 Å². The van der Waals surface area contributed by atoms with Crippen molar-refractivity contribution in [3.63, 3.8) is 0 Å². The third kappa shape index (κ3) is 4.14. The molecule has 0 aliphatic carbocycles. The largest absolute Gasteiger partial charge is 0.445 e. The molecule has 4 heteroatoms. The van der Waals surface area contributed by atoms with Crippen molar-refractivity contribution in [1.29, 1.82) is 0 Å². The predicted molar refractivity (Wildman–Crippen MR) is 94.2 cm³/mol. The Morgan fingerprint density at radius 2 is 1.87 bits per heavy atom. The minimum absolute atomic E-state index is 0.205. The Morgan fingerprint density at radius 1 is 1.13 bits per heavy atom. The first-order valence-electron chi connectivity index (χ1n) is 7.95. The number of likely N-dealkylation sites (tertiary alicyclic amines) is 1. The summed E-state index contributed by atoms with van der Waals surface area (Å²) < 4.78 is 6.59. The van der Waals surface area contributed by atoms with E-state index in [1.54, 1.807) is 0 Å². The Bertz CT molecular complexity index is 659. The number of benzene rings is 2. The molecule has 1 fully saturated rings. The molecule has 2 aromatic rings. The Hall–Kier alpha value is -1.81. The number of hydrogen-bond donors (Lipinski definition) is 0. The topological polar surface area (TPSA) is 29.5 Å². The first-order valence-corrected chi connectivity index (χ1v) is 8.74. The van der Waals surface area contributed by atoms with E-state index in [9.17, 15) is 4.79 Å². The Labute approximate surface area is 145 Å². The first-order chi connectivity index (χ1) is 11.2. The molecule has 3 nitrogen and oxygen atoms in total. The summed E-state index contributed by atoms with van der Waals surface area (Å²) in [6.45, 7) is 1.11. The van der Waals surface area contributed by atoms with Crippen molar-refractivity contribution in [3.05, 3.63) is 70.2 Å². The van der Waals surface area contributed by atoms with E-state index in [4.69, 9.17) is 4.74 Å². The molecular weight excluding hydrogens is 354 g/mol. The van der Waals surface area contributed by atoms with Gasteiger partial charge in [0.2, 0.25) is 0 Å². The molecule has 0 spiro atoms. The molecule has 3 rings (SSSR count). The summed E-state index contributed by atoms with van der Waals surface area (Å²) in [5, 5.41) is 0. The molecule has 1 heterocycles. The van der Waals surface area contributed by atoms with Gasteiger partial charge < -0.3 is 9.64 Å². The molecule has 1 atom stereocenters. The maximum Gasteiger partial charge on any atom is 0.410 e. The van der Waals surface area contributed by atoms with E-state index in [1.165, 1.54) is 5.56 Å². The van der Waals surface area contributed by atoms with E-state index in [0.717, 1.165) is 35.8 Å². The van der Waals surface area contributed by atoms with Gasteiger partial charge in [0.05, 0.1) is 0 Å². The van der Waals surface area contributed by atoms with Gasteiger partial charge in [-0.3, -0.25) is 0 Å². The highest BCUT2D eigenvalue weighted by Crippen LogP contribution is 2.25. The summed E-state index contributed by atoms with van der Waals surface area (Å²) in [7, 11) is 0. The molecule has 0 aromatic heterocycles. The molecular formula is C19H20BrNO2. The Kier molecular flexibility index (Phi) is 5.34. The van der Waals surface area contributed by atoms with Gasteiger partial charge in [0, 0.05) is 17.1 Å². The Balaban J connectivity index is 1.60. The van der Waals surface area contributed by atoms with Gasteiger partial charge in [0.25, 0.3) is 0 Å². The highest BCUT2D eigenvalue weighted by Gasteiger charge is 2.30. The third-order valence-electron chi connectivity index (χ3n) is 4.23. The zero-order valence-corrected chi connectivity index (χ0v) is 14.5. The zero-order valence-electron chi connectivity index (χ0n) is 13.0. The molecule has 1 saturated heterocycles. The van der Waals surface area contributed by atoms with Gasteiger partial charge in [-0.2, -0.15) is 0 Å². The van der Waals surface area contributed by atoms with Crippen LogP contribution in [0.15, 0.2) is 59.1 Å². The molecule has 120 valence electrons. The van der Waals surface area contributed by atoms with Gasteiger partial charge in [0.15, 0.2) is 0 Å². The second kappa shape index (κ2) is 7.64. The molecule has 23 heavy (non-hydrogen) atoms. The number of halogens is 1. The van der Waals surface area contributed by atoms with E-state index >= 15 is 0 Å². The van der Waals surface area contributed by atoms with Crippen LogP contribution >= 0.6 is 15.9 Å². The van der Waals surface area contributed by atoms with Crippen molar-refractivity contribution < 1.29 is 9.53 Å². The van der Waals surface area contributed by atoms with Crippen LogP contribution < -0.4 is 0 Å². The van der Waals surface area contributed by atoms with Crippen LogP contribution in [0.1, 0.15) is 24.0 Å². The molecule has 2 aromatic carbocycles. The summed E-state index contributed by atoms with van der Waals surface area (Å²) in [4.78, 5) is 14.3. The minimum Gasteiger partial charge on any atom is -0.445 e. The molecule has 1 aliphatic heterocycles. The molecule has 0 bridgehead atoms. The SMILES string of the molecule is O=C(OCc1ccccc1)N1CCCC1Cc1ccccc1Br. The number of ether oxygens (including phenoxy) is 1. The van der Waals surface area contributed by atoms with Crippen molar-refractivity contribution in [2.75, 3.05) is 6.54 Å². The average Bonchev–Trinajstić information content (AvgIpc) is 3.04. The average molecular weight is 374 g/mol. The summed E-state index contributed by atoms with van der Waals surface area (Å²) in [6.07, 6.45) is 2.72. The van der Waals surface area contributed by atoms with E-state index in [2.05, 4.69) is 22.0 Å². The van der Waals surface area contributed by atoms with Crippen LogP contribution in [0.4, 0.5) is 4.79 Å². The molecule has 1 unspecified atom stereocenters. The molecule has 0 N–H and O–H groups in total. The van der Waals surface area contributed by atoms with Gasteiger partial charge >= 0.3 is 6.09 Å². The fourth-order valence-electron chi connectivity index (χ4n) is 3.01. The van der Waals surface area contributed by atoms with Gasteiger partial charge in [-0.25, -0.2) is 4.79 Å². The first kappa shape index (κ1) is 16.1. The van der Waals surface area contributed by atoms with Crippen molar-refractivity contribution in [2.45, 2.75) is 31.9 Å². The number of amides is 1. The quantitative estimate of drug-likeness (QED) is 0.770. The number of nitrogens with zero attached hydrogens (tertiary/aromatic N) is 1. The maximum atomic E-state index is 12.4. The lowest BCUT2D eigenvalue weighted by atomic mass is 10.0. The van der Waals surface area contributed by atoms with Crippen molar-refractivity contribution in [1.82, 2.24) is 4.90 Å². The number of carbonyl (C=O) groups excluding carboxylic acids is 1. The lowest BCUT2D eigenvalue weighted by Gasteiger charge is -2.24. The van der Waals surface area contributed by atoms with Crippen LogP contribution in [0, 0.1) is 0 Å². The van der Waals surface area contributed by atoms with Crippen LogP contribution in [-0.4, -0.2) is 23.6 Å². The summed E-state index contributed by atoms with van der Waals surface area (Å²) in [5.74, 6) is 0.